The highest BCUT2D eigenvalue weighted by Crippen LogP contribution is 2.07. The first-order valence-electron chi connectivity index (χ1n) is 4.39. The molecular weight excluding hydrogens is 206 g/mol. The molecule has 1 aliphatic rings. The van der Waals surface area contributed by atoms with Crippen molar-refractivity contribution in [3.8, 4) is 0 Å². The summed E-state index contributed by atoms with van der Waals surface area (Å²) in [6, 6.07) is -0.409. The van der Waals surface area contributed by atoms with E-state index in [9.17, 15) is 13.2 Å². The Morgan fingerprint density at radius 1 is 1.64 bits per heavy atom. The molecular formula is C7H15N3O3S. The molecule has 1 unspecified atom stereocenters. The fourth-order valence-electron chi connectivity index (χ4n) is 1.35. The van der Waals surface area contributed by atoms with E-state index in [2.05, 4.69) is 4.72 Å². The van der Waals surface area contributed by atoms with Crippen molar-refractivity contribution in [1.82, 2.24) is 9.62 Å². The molecule has 6 nitrogen and oxygen atoms in total. The predicted octanol–water partition coefficient (Wildman–Crippen LogP) is -1.90. The van der Waals surface area contributed by atoms with Crippen molar-refractivity contribution in [2.75, 3.05) is 25.9 Å². The molecule has 0 aliphatic carbocycles. The number of hydrogen-bond donors (Lipinski definition) is 2. The van der Waals surface area contributed by atoms with Gasteiger partial charge in [0.05, 0.1) is 12.3 Å². The summed E-state index contributed by atoms with van der Waals surface area (Å²) in [5.41, 5.74) is 5.50. The zero-order valence-corrected chi connectivity index (χ0v) is 8.88. The quantitative estimate of drug-likeness (QED) is 0.579. The molecule has 1 atom stereocenters. The van der Waals surface area contributed by atoms with Crippen molar-refractivity contribution in [3.63, 3.8) is 0 Å². The summed E-state index contributed by atoms with van der Waals surface area (Å²) in [6.45, 7) is 1.25. The minimum Gasteiger partial charge on any atom is -0.340 e. The Morgan fingerprint density at radius 2 is 2.29 bits per heavy atom. The van der Waals surface area contributed by atoms with E-state index in [1.54, 1.807) is 4.90 Å². The number of carbonyl (C=O) groups excluding carboxylic acids is 1. The van der Waals surface area contributed by atoms with E-state index in [0.717, 1.165) is 6.26 Å². The van der Waals surface area contributed by atoms with Gasteiger partial charge in [0.15, 0.2) is 0 Å². The smallest absolute Gasteiger partial charge is 0.239 e. The van der Waals surface area contributed by atoms with Gasteiger partial charge in [0.2, 0.25) is 15.9 Å². The fourth-order valence-corrected chi connectivity index (χ4v) is 1.81. The van der Waals surface area contributed by atoms with Gasteiger partial charge < -0.3 is 10.6 Å². The second kappa shape index (κ2) is 4.24. The number of carbonyl (C=O) groups is 1. The largest absolute Gasteiger partial charge is 0.340 e. The van der Waals surface area contributed by atoms with E-state index in [1.165, 1.54) is 0 Å². The topological polar surface area (TPSA) is 92.5 Å². The Balaban J connectivity index is 2.30. The molecule has 7 heteroatoms. The molecule has 1 amide bonds. The number of hydrogen-bond acceptors (Lipinski definition) is 4. The monoisotopic (exact) mass is 221 g/mol. The van der Waals surface area contributed by atoms with Gasteiger partial charge in [0.25, 0.3) is 0 Å². The van der Waals surface area contributed by atoms with Gasteiger partial charge in [-0.15, -0.1) is 0 Å². The molecule has 1 fully saturated rings. The van der Waals surface area contributed by atoms with Gasteiger partial charge in [-0.3, -0.25) is 4.79 Å². The van der Waals surface area contributed by atoms with Crippen LogP contribution in [-0.2, 0) is 14.8 Å². The normalized spacial score (nSPS) is 23.1. The highest BCUT2D eigenvalue weighted by atomic mass is 32.2. The number of nitrogens with two attached hydrogens (primary N) is 1. The van der Waals surface area contributed by atoms with Gasteiger partial charge in [-0.05, 0) is 6.42 Å². The zero-order chi connectivity index (χ0) is 10.8. The van der Waals surface area contributed by atoms with Gasteiger partial charge in [-0.25, -0.2) is 13.1 Å². The first-order valence-corrected chi connectivity index (χ1v) is 6.28. The molecule has 0 radical (unpaired) electrons. The lowest BCUT2D eigenvalue weighted by Gasteiger charge is -2.15. The van der Waals surface area contributed by atoms with Crippen LogP contribution in [0.25, 0.3) is 0 Å². The van der Waals surface area contributed by atoms with E-state index in [0.29, 0.717) is 19.5 Å². The summed E-state index contributed by atoms with van der Waals surface area (Å²) in [4.78, 5) is 12.9. The minimum absolute atomic E-state index is 0.0969. The molecule has 0 spiro atoms. The molecule has 1 aliphatic heterocycles. The van der Waals surface area contributed by atoms with Crippen LogP contribution < -0.4 is 10.5 Å². The molecule has 3 N–H and O–H groups in total. The third-order valence-electron chi connectivity index (χ3n) is 2.08. The van der Waals surface area contributed by atoms with E-state index in [4.69, 9.17) is 5.73 Å². The Hall–Kier alpha value is -0.660. The van der Waals surface area contributed by atoms with E-state index in [-0.39, 0.29) is 12.5 Å². The molecule has 14 heavy (non-hydrogen) atoms. The molecule has 1 rings (SSSR count). The van der Waals surface area contributed by atoms with Crippen LogP contribution in [-0.4, -0.2) is 51.2 Å². The molecule has 0 aromatic carbocycles. The number of likely N-dealkylation sites (tertiary alicyclic amines) is 1. The first kappa shape index (κ1) is 11.4. The summed E-state index contributed by atoms with van der Waals surface area (Å²) in [6.07, 6.45) is 1.74. The Kier molecular flexibility index (Phi) is 3.46. The van der Waals surface area contributed by atoms with Gasteiger partial charge >= 0.3 is 0 Å². The van der Waals surface area contributed by atoms with E-state index in [1.807, 2.05) is 0 Å². The van der Waals surface area contributed by atoms with Crippen molar-refractivity contribution in [1.29, 1.82) is 0 Å². The molecule has 1 heterocycles. The second-order valence-corrected chi connectivity index (χ2v) is 5.22. The van der Waals surface area contributed by atoms with Crippen molar-refractivity contribution >= 4 is 15.9 Å². The van der Waals surface area contributed by atoms with E-state index >= 15 is 0 Å². The van der Waals surface area contributed by atoms with Gasteiger partial charge in [-0.1, -0.05) is 0 Å². The number of rotatable bonds is 4. The minimum atomic E-state index is -3.17. The van der Waals surface area contributed by atoms with Crippen LogP contribution in [0.3, 0.4) is 0 Å². The third-order valence-corrected chi connectivity index (χ3v) is 2.81. The van der Waals surface area contributed by atoms with Crippen LogP contribution in [0.1, 0.15) is 6.42 Å². The summed E-state index contributed by atoms with van der Waals surface area (Å²) in [5, 5.41) is 0. The van der Waals surface area contributed by atoms with Crippen LogP contribution in [0.4, 0.5) is 0 Å². The molecule has 0 saturated carbocycles. The Bertz CT molecular complexity index is 314. The average molecular weight is 221 g/mol. The second-order valence-electron chi connectivity index (χ2n) is 3.39. The highest BCUT2D eigenvalue weighted by Gasteiger charge is 2.27. The summed E-state index contributed by atoms with van der Waals surface area (Å²) < 4.78 is 23.7. The van der Waals surface area contributed by atoms with Gasteiger partial charge in [-0.2, -0.15) is 0 Å². The number of sulfonamides is 1. The lowest BCUT2D eigenvalue weighted by atomic mass is 10.3. The summed E-state index contributed by atoms with van der Waals surface area (Å²) in [5.74, 6) is -0.0969. The van der Waals surface area contributed by atoms with E-state index < -0.39 is 16.1 Å². The summed E-state index contributed by atoms with van der Waals surface area (Å²) >= 11 is 0. The van der Waals surface area contributed by atoms with Crippen LogP contribution in [0.2, 0.25) is 0 Å². The number of nitrogens with one attached hydrogen (secondary N) is 1. The molecule has 82 valence electrons. The van der Waals surface area contributed by atoms with Crippen LogP contribution in [0.15, 0.2) is 0 Å². The third kappa shape index (κ3) is 3.24. The predicted molar refractivity (Wildman–Crippen MR) is 52.0 cm³/mol. The molecule has 0 bridgehead atoms. The number of amides is 1. The van der Waals surface area contributed by atoms with Crippen molar-refractivity contribution in [2.24, 2.45) is 5.73 Å². The zero-order valence-electron chi connectivity index (χ0n) is 8.06. The molecule has 0 aromatic heterocycles. The Labute approximate surface area is 83.5 Å². The van der Waals surface area contributed by atoms with Gasteiger partial charge in [0.1, 0.15) is 0 Å². The lowest BCUT2D eigenvalue weighted by molar-refractivity contribution is -0.128. The van der Waals surface area contributed by atoms with Crippen molar-refractivity contribution in [3.05, 3.63) is 0 Å². The lowest BCUT2D eigenvalue weighted by Crippen LogP contribution is -2.38. The van der Waals surface area contributed by atoms with Crippen LogP contribution in [0.5, 0.6) is 0 Å². The maximum atomic E-state index is 11.3. The van der Waals surface area contributed by atoms with Gasteiger partial charge in [0, 0.05) is 19.6 Å². The average Bonchev–Trinajstić information content (AvgIpc) is 2.33. The number of nitrogens with zero attached hydrogens (tertiary/aromatic N) is 1. The Morgan fingerprint density at radius 3 is 2.71 bits per heavy atom. The summed E-state index contributed by atoms with van der Waals surface area (Å²) in [7, 11) is -3.17. The maximum absolute atomic E-state index is 11.3. The SMILES string of the molecule is CS(=O)(=O)NCCN1CCC(N)C1=O. The first-order chi connectivity index (χ1) is 6.40. The maximum Gasteiger partial charge on any atom is 0.239 e. The standard InChI is InChI=1S/C7H15N3O3S/c1-14(12,13)9-3-5-10-4-2-6(8)7(10)11/h6,9H,2-5,8H2,1H3. The van der Waals surface area contributed by atoms with Crippen LogP contribution in [0, 0.1) is 0 Å². The fraction of sp³-hybridized carbons (Fsp3) is 0.857. The highest BCUT2D eigenvalue weighted by molar-refractivity contribution is 7.88. The van der Waals surface area contributed by atoms with Crippen molar-refractivity contribution < 1.29 is 13.2 Å². The van der Waals surface area contributed by atoms with Crippen LogP contribution >= 0.6 is 0 Å². The molecule has 1 saturated heterocycles. The van der Waals surface area contributed by atoms with Crippen molar-refractivity contribution in [2.45, 2.75) is 12.5 Å². The molecule has 0 aromatic rings.